The highest BCUT2D eigenvalue weighted by Gasteiger charge is 2.25. The number of hydrogen-bond acceptors (Lipinski definition) is 5. The molecule has 1 saturated heterocycles. The zero-order chi connectivity index (χ0) is 18.6. The summed E-state index contributed by atoms with van der Waals surface area (Å²) in [6.45, 7) is 1.21. The molecule has 140 valence electrons. The molecular formula is C17H22N4O4S. The summed E-state index contributed by atoms with van der Waals surface area (Å²) in [4.78, 5) is 21.3. The number of hydrogen-bond donors (Lipinski definition) is 2. The number of methoxy groups -OCH3 is 1. The Balaban J connectivity index is 1.73. The molecular weight excluding hydrogens is 356 g/mol. The van der Waals surface area contributed by atoms with Gasteiger partial charge in [0.1, 0.15) is 5.82 Å². The van der Waals surface area contributed by atoms with Crippen LogP contribution in [0.25, 0.3) is 0 Å². The van der Waals surface area contributed by atoms with E-state index in [1.54, 1.807) is 36.5 Å². The van der Waals surface area contributed by atoms with Crippen molar-refractivity contribution in [3.05, 3.63) is 48.0 Å². The topological polar surface area (TPSA) is 104 Å². The number of carbonyl (C=O) groups is 1. The summed E-state index contributed by atoms with van der Waals surface area (Å²) in [5.74, 6) is 0.328. The SMILES string of the molecule is CO[C@H]1CCCN(C(=O)c2cccc(S(=O)(=O)NCc3ncc[nH]3)c2)C1. The number of rotatable bonds is 6. The fraction of sp³-hybridized carbons (Fsp3) is 0.412. The number of benzene rings is 1. The van der Waals surface area contributed by atoms with E-state index in [2.05, 4.69) is 14.7 Å². The molecule has 8 nitrogen and oxygen atoms in total. The number of carbonyl (C=O) groups excluding carboxylic acids is 1. The van der Waals surface area contributed by atoms with Crippen molar-refractivity contribution in [3.63, 3.8) is 0 Å². The summed E-state index contributed by atoms with van der Waals surface area (Å²) in [7, 11) is -2.11. The van der Waals surface area contributed by atoms with Gasteiger partial charge in [0.05, 0.1) is 17.5 Å². The second-order valence-electron chi connectivity index (χ2n) is 6.14. The van der Waals surface area contributed by atoms with Crippen LogP contribution in [0.4, 0.5) is 0 Å². The molecule has 1 fully saturated rings. The van der Waals surface area contributed by atoms with Crippen LogP contribution >= 0.6 is 0 Å². The average Bonchev–Trinajstić information content (AvgIpc) is 3.20. The van der Waals surface area contributed by atoms with Crippen LogP contribution < -0.4 is 4.72 Å². The highest BCUT2D eigenvalue weighted by atomic mass is 32.2. The van der Waals surface area contributed by atoms with Gasteiger partial charge in [-0.2, -0.15) is 0 Å². The van der Waals surface area contributed by atoms with Crippen molar-refractivity contribution < 1.29 is 17.9 Å². The van der Waals surface area contributed by atoms with E-state index in [-0.39, 0.29) is 23.5 Å². The van der Waals surface area contributed by atoms with E-state index < -0.39 is 10.0 Å². The molecule has 1 aromatic heterocycles. The zero-order valence-electron chi connectivity index (χ0n) is 14.5. The maximum atomic E-state index is 12.7. The molecule has 26 heavy (non-hydrogen) atoms. The molecule has 1 aliphatic heterocycles. The monoisotopic (exact) mass is 378 g/mol. The molecule has 0 saturated carbocycles. The van der Waals surface area contributed by atoms with Gasteiger partial charge in [0, 0.05) is 38.2 Å². The number of sulfonamides is 1. The summed E-state index contributed by atoms with van der Waals surface area (Å²) in [6, 6.07) is 6.08. The number of amides is 1. The lowest BCUT2D eigenvalue weighted by Gasteiger charge is -2.32. The largest absolute Gasteiger partial charge is 0.380 e. The van der Waals surface area contributed by atoms with E-state index in [0.29, 0.717) is 24.5 Å². The zero-order valence-corrected chi connectivity index (χ0v) is 15.3. The van der Waals surface area contributed by atoms with Gasteiger partial charge in [-0.1, -0.05) is 6.07 Å². The van der Waals surface area contributed by atoms with Crippen LogP contribution in [0.3, 0.4) is 0 Å². The van der Waals surface area contributed by atoms with Gasteiger partial charge < -0.3 is 14.6 Å². The quantitative estimate of drug-likeness (QED) is 0.784. The van der Waals surface area contributed by atoms with Crippen LogP contribution in [0, 0.1) is 0 Å². The Morgan fingerprint density at radius 2 is 2.31 bits per heavy atom. The van der Waals surface area contributed by atoms with Crippen molar-refractivity contribution >= 4 is 15.9 Å². The first kappa shape index (κ1) is 18.6. The number of imidazole rings is 1. The predicted molar refractivity (Wildman–Crippen MR) is 95.0 cm³/mol. The molecule has 1 amide bonds. The molecule has 0 bridgehead atoms. The lowest BCUT2D eigenvalue weighted by atomic mass is 10.1. The highest BCUT2D eigenvalue weighted by molar-refractivity contribution is 7.89. The molecule has 0 radical (unpaired) electrons. The Morgan fingerprint density at radius 3 is 3.04 bits per heavy atom. The normalized spacial score (nSPS) is 18.0. The molecule has 1 atom stereocenters. The van der Waals surface area contributed by atoms with Crippen molar-refractivity contribution in [3.8, 4) is 0 Å². The van der Waals surface area contributed by atoms with Crippen LogP contribution in [0.2, 0.25) is 0 Å². The number of aromatic nitrogens is 2. The first-order chi connectivity index (χ1) is 12.5. The average molecular weight is 378 g/mol. The van der Waals surface area contributed by atoms with Gasteiger partial charge in [0.15, 0.2) is 0 Å². The van der Waals surface area contributed by atoms with Gasteiger partial charge in [0.2, 0.25) is 10.0 Å². The molecule has 0 unspecified atom stereocenters. The minimum absolute atomic E-state index is 0.0228. The third-order valence-corrected chi connectivity index (χ3v) is 5.77. The van der Waals surface area contributed by atoms with Crippen LogP contribution in [-0.2, 0) is 21.3 Å². The lowest BCUT2D eigenvalue weighted by molar-refractivity contribution is 0.0269. The standard InChI is InChI=1S/C17H22N4O4S/c1-25-14-5-3-9-21(12-14)17(22)13-4-2-6-15(10-13)26(23,24)20-11-16-18-7-8-19-16/h2,4,6-8,10,14,20H,3,5,9,11-12H2,1H3,(H,18,19)/t14-/m0/s1. The molecule has 1 aromatic carbocycles. The van der Waals surface area contributed by atoms with Gasteiger partial charge in [0.25, 0.3) is 5.91 Å². The highest BCUT2D eigenvalue weighted by Crippen LogP contribution is 2.18. The van der Waals surface area contributed by atoms with Gasteiger partial charge >= 0.3 is 0 Å². The van der Waals surface area contributed by atoms with Crippen LogP contribution in [0.1, 0.15) is 29.0 Å². The fourth-order valence-corrected chi connectivity index (χ4v) is 3.97. The van der Waals surface area contributed by atoms with Gasteiger partial charge in [-0.05, 0) is 31.0 Å². The smallest absolute Gasteiger partial charge is 0.253 e. The van der Waals surface area contributed by atoms with E-state index in [9.17, 15) is 13.2 Å². The number of aromatic amines is 1. The Kier molecular flexibility index (Phi) is 5.70. The van der Waals surface area contributed by atoms with E-state index in [0.717, 1.165) is 12.8 Å². The van der Waals surface area contributed by atoms with Crippen molar-refractivity contribution in [1.29, 1.82) is 0 Å². The second kappa shape index (κ2) is 7.98. The maximum Gasteiger partial charge on any atom is 0.253 e. The lowest BCUT2D eigenvalue weighted by Crippen LogP contribution is -2.42. The van der Waals surface area contributed by atoms with Crippen LogP contribution in [0.15, 0.2) is 41.6 Å². The Bertz CT molecular complexity index is 851. The van der Waals surface area contributed by atoms with E-state index in [4.69, 9.17) is 4.74 Å². The molecule has 9 heteroatoms. The third kappa shape index (κ3) is 4.29. The van der Waals surface area contributed by atoms with Gasteiger partial charge in [-0.3, -0.25) is 4.79 Å². The molecule has 2 heterocycles. The first-order valence-electron chi connectivity index (χ1n) is 8.39. The summed E-state index contributed by atoms with van der Waals surface area (Å²) < 4.78 is 32.8. The Labute approximate surface area is 152 Å². The number of likely N-dealkylation sites (tertiary alicyclic amines) is 1. The number of nitrogens with one attached hydrogen (secondary N) is 2. The maximum absolute atomic E-state index is 12.7. The number of H-pyrrole nitrogens is 1. The van der Waals surface area contributed by atoms with E-state index in [1.165, 1.54) is 12.1 Å². The van der Waals surface area contributed by atoms with E-state index >= 15 is 0 Å². The van der Waals surface area contributed by atoms with Crippen molar-refractivity contribution in [2.45, 2.75) is 30.4 Å². The minimum Gasteiger partial charge on any atom is -0.380 e. The minimum atomic E-state index is -3.74. The van der Waals surface area contributed by atoms with E-state index in [1.807, 2.05) is 0 Å². The fourth-order valence-electron chi connectivity index (χ4n) is 2.94. The van der Waals surface area contributed by atoms with Crippen molar-refractivity contribution in [1.82, 2.24) is 19.6 Å². The van der Waals surface area contributed by atoms with Gasteiger partial charge in [-0.15, -0.1) is 0 Å². The molecule has 2 N–H and O–H groups in total. The van der Waals surface area contributed by atoms with Gasteiger partial charge in [-0.25, -0.2) is 18.1 Å². The van der Waals surface area contributed by atoms with Crippen LogP contribution in [0.5, 0.6) is 0 Å². The van der Waals surface area contributed by atoms with Crippen molar-refractivity contribution in [2.24, 2.45) is 0 Å². The third-order valence-electron chi connectivity index (χ3n) is 4.37. The number of ether oxygens (including phenoxy) is 1. The number of piperidine rings is 1. The summed E-state index contributed by atoms with van der Waals surface area (Å²) in [5, 5.41) is 0. The first-order valence-corrected chi connectivity index (χ1v) is 9.88. The Hall–Kier alpha value is -2.23. The molecule has 0 aliphatic carbocycles. The predicted octanol–water partition coefficient (Wildman–Crippen LogP) is 1.14. The molecule has 1 aliphatic rings. The summed E-state index contributed by atoms with van der Waals surface area (Å²) in [5.41, 5.74) is 0.350. The van der Waals surface area contributed by atoms with Crippen LogP contribution in [-0.4, -0.2) is 55.5 Å². The summed E-state index contributed by atoms with van der Waals surface area (Å²) >= 11 is 0. The van der Waals surface area contributed by atoms with Crippen molar-refractivity contribution in [2.75, 3.05) is 20.2 Å². The molecule has 0 spiro atoms. The second-order valence-corrected chi connectivity index (χ2v) is 7.91. The molecule has 3 rings (SSSR count). The summed E-state index contributed by atoms with van der Waals surface area (Å²) in [6.07, 6.45) is 4.98. The molecule has 2 aromatic rings. The number of nitrogens with zero attached hydrogens (tertiary/aromatic N) is 2. The Morgan fingerprint density at radius 1 is 1.46 bits per heavy atom.